The van der Waals surface area contributed by atoms with Crippen molar-refractivity contribution in [2.45, 2.75) is 51.6 Å². The third-order valence-corrected chi connectivity index (χ3v) is 4.02. The Hall–Kier alpha value is -0.760. The summed E-state index contributed by atoms with van der Waals surface area (Å²) in [5.74, 6) is 1.54. The molecule has 0 unspecified atom stereocenters. The van der Waals surface area contributed by atoms with E-state index < -0.39 is 5.60 Å². The van der Waals surface area contributed by atoms with Crippen LogP contribution in [-0.2, 0) is 6.42 Å². The van der Waals surface area contributed by atoms with Crippen molar-refractivity contribution in [1.82, 2.24) is 0 Å². The second-order valence-electron chi connectivity index (χ2n) is 5.61. The Morgan fingerprint density at radius 1 is 1.44 bits per heavy atom. The van der Waals surface area contributed by atoms with Gasteiger partial charge in [0.05, 0.1) is 18.1 Å². The molecule has 1 aliphatic rings. The molecular formula is C14H22O2. The van der Waals surface area contributed by atoms with E-state index in [1.54, 1.807) is 12.5 Å². The number of hydrogen-bond donors (Lipinski definition) is 1. The molecule has 1 heterocycles. The molecule has 0 aliphatic heterocycles. The second-order valence-corrected chi connectivity index (χ2v) is 5.61. The van der Waals surface area contributed by atoms with E-state index in [-0.39, 0.29) is 0 Å². The SMILES string of the molecule is CC(C)C1CCC(O)(Cc2ccoc2)CC1. The van der Waals surface area contributed by atoms with Crippen molar-refractivity contribution in [3.8, 4) is 0 Å². The summed E-state index contributed by atoms with van der Waals surface area (Å²) in [6.45, 7) is 4.57. The van der Waals surface area contributed by atoms with Crippen LogP contribution in [0.5, 0.6) is 0 Å². The topological polar surface area (TPSA) is 33.4 Å². The quantitative estimate of drug-likeness (QED) is 0.850. The van der Waals surface area contributed by atoms with Gasteiger partial charge in [0.15, 0.2) is 0 Å². The van der Waals surface area contributed by atoms with Crippen molar-refractivity contribution in [1.29, 1.82) is 0 Å². The van der Waals surface area contributed by atoms with Crippen LogP contribution in [0.15, 0.2) is 23.0 Å². The van der Waals surface area contributed by atoms with E-state index in [1.165, 1.54) is 0 Å². The molecular weight excluding hydrogens is 200 g/mol. The molecule has 1 aromatic heterocycles. The average Bonchev–Trinajstić information content (AvgIpc) is 2.70. The number of aliphatic hydroxyl groups is 1. The summed E-state index contributed by atoms with van der Waals surface area (Å²) >= 11 is 0. The van der Waals surface area contributed by atoms with Crippen LogP contribution < -0.4 is 0 Å². The highest BCUT2D eigenvalue weighted by atomic mass is 16.3. The zero-order valence-electron chi connectivity index (χ0n) is 10.3. The van der Waals surface area contributed by atoms with E-state index in [0.29, 0.717) is 0 Å². The lowest BCUT2D eigenvalue weighted by atomic mass is 9.73. The molecule has 2 heteroatoms. The van der Waals surface area contributed by atoms with E-state index >= 15 is 0 Å². The van der Waals surface area contributed by atoms with Crippen molar-refractivity contribution in [2.75, 3.05) is 0 Å². The van der Waals surface area contributed by atoms with Gasteiger partial charge in [-0.2, -0.15) is 0 Å². The molecule has 90 valence electrons. The second kappa shape index (κ2) is 4.62. The first-order valence-corrected chi connectivity index (χ1v) is 6.32. The fraction of sp³-hybridized carbons (Fsp3) is 0.714. The van der Waals surface area contributed by atoms with Crippen LogP contribution >= 0.6 is 0 Å². The van der Waals surface area contributed by atoms with Crippen LogP contribution in [0.4, 0.5) is 0 Å². The number of furan rings is 1. The van der Waals surface area contributed by atoms with Crippen LogP contribution in [0, 0.1) is 11.8 Å². The molecule has 0 bridgehead atoms. The molecule has 16 heavy (non-hydrogen) atoms. The molecule has 0 atom stereocenters. The van der Waals surface area contributed by atoms with Gasteiger partial charge in [-0.1, -0.05) is 13.8 Å². The Balaban J connectivity index is 1.91. The fourth-order valence-electron chi connectivity index (χ4n) is 2.79. The molecule has 0 aromatic carbocycles. The maximum Gasteiger partial charge on any atom is 0.0935 e. The average molecular weight is 222 g/mol. The van der Waals surface area contributed by atoms with Gasteiger partial charge in [0.2, 0.25) is 0 Å². The molecule has 0 spiro atoms. The predicted octanol–water partition coefficient (Wildman–Crippen LogP) is 3.40. The summed E-state index contributed by atoms with van der Waals surface area (Å²) in [5.41, 5.74) is 0.625. The summed E-state index contributed by atoms with van der Waals surface area (Å²) in [5, 5.41) is 10.5. The predicted molar refractivity (Wildman–Crippen MR) is 64.2 cm³/mol. The Morgan fingerprint density at radius 2 is 2.12 bits per heavy atom. The maximum absolute atomic E-state index is 10.5. The van der Waals surface area contributed by atoms with Gasteiger partial charge in [0.1, 0.15) is 0 Å². The van der Waals surface area contributed by atoms with Crippen LogP contribution in [0.3, 0.4) is 0 Å². The molecule has 2 nitrogen and oxygen atoms in total. The van der Waals surface area contributed by atoms with E-state index in [4.69, 9.17) is 4.42 Å². The lowest BCUT2D eigenvalue weighted by Gasteiger charge is -2.37. The fourth-order valence-corrected chi connectivity index (χ4v) is 2.79. The van der Waals surface area contributed by atoms with Gasteiger partial charge in [-0.05, 0) is 49.1 Å². The summed E-state index contributed by atoms with van der Waals surface area (Å²) < 4.78 is 5.05. The van der Waals surface area contributed by atoms with E-state index in [1.807, 2.05) is 6.07 Å². The zero-order chi connectivity index (χ0) is 11.6. The maximum atomic E-state index is 10.5. The van der Waals surface area contributed by atoms with Gasteiger partial charge in [0, 0.05) is 6.42 Å². The van der Waals surface area contributed by atoms with Gasteiger partial charge in [-0.3, -0.25) is 0 Å². The van der Waals surface area contributed by atoms with Crippen LogP contribution in [0.2, 0.25) is 0 Å². The first kappa shape index (κ1) is 11.7. The Kier molecular flexibility index (Phi) is 3.38. The highest BCUT2D eigenvalue weighted by Crippen LogP contribution is 2.37. The normalized spacial score (nSPS) is 30.9. The summed E-state index contributed by atoms with van der Waals surface area (Å²) in [4.78, 5) is 0. The Bertz CT molecular complexity index is 305. The van der Waals surface area contributed by atoms with Crippen molar-refractivity contribution >= 4 is 0 Å². The monoisotopic (exact) mass is 222 g/mol. The first-order chi connectivity index (χ1) is 7.59. The number of rotatable bonds is 3. The van der Waals surface area contributed by atoms with Gasteiger partial charge in [-0.15, -0.1) is 0 Å². The van der Waals surface area contributed by atoms with Crippen LogP contribution in [0.1, 0.15) is 45.1 Å². The van der Waals surface area contributed by atoms with Crippen LogP contribution in [-0.4, -0.2) is 10.7 Å². The molecule has 0 saturated heterocycles. The van der Waals surface area contributed by atoms with E-state index in [2.05, 4.69) is 13.8 Å². The lowest BCUT2D eigenvalue weighted by Crippen LogP contribution is -2.37. The first-order valence-electron chi connectivity index (χ1n) is 6.32. The van der Waals surface area contributed by atoms with Crippen molar-refractivity contribution < 1.29 is 9.52 Å². The Morgan fingerprint density at radius 3 is 2.62 bits per heavy atom. The summed E-state index contributed by atoms with van der Waals surface area (Å²) in [7, 11) is 0. The van der Waals surface area contributed by atoms with E-state index in [0.717, 1.165) is 49.5 Å². The molecule has 1 N–H and O–H groups in total. The van der Waals surface area contributed by atoms with Crippen molar-refractivity contribution in [2.24, 2.45) is 11.8 Å². The number of hydrogen-bond acceptors (Lipinski definition) is 2. The largest absolute Gasteiger partial charge is 0.472 e. The van der Waals surface area contributed by atoms with Gasteiger partial charge in [-0.25, -0.2) is 0 Å². The Labute approximate surface area is 97.7 Å². The highest BCUT2D eigenvalue weighted by Gasteiger charge is 2.34. The minimum atomic E-state index is -0.491. The van der Waals surface area contributed by atoms with Crippen molar-refractivity contribution in [3.63, 3.8) is 0 Å². The molecule has 1 aromatic rings. The van der Waals surface area contributed by atoms with Crippen LogP contribution in [0.25, 0.3) is 0 Å². The molecule has 0 radical (unpaired) electrons. The molecule has 2 rings (SSSR count). The molecule has 1 aliphatic carbocycles. The van der Waals surface area contributed by atoms with E-state index in [9.17, 15) is 5.11 Å². The molecule has 1 fully saturated rings. The third-order valence-electron chi connectivity index (χ3n) is 4.02. The zero-order valence-corrected chi connectivity index (χ0v) is 10.3. The molecule has 0 amide bonds. The summed E-state index contributed by atoms with van der Waals surface area (Å²) in [6.07, 6.45) is 8.35. The smallest absolute Gasteiger partial charge is 0.0935 e. The van der Waals surface area contributed by atoms with Gasteiger partial charge < -0.3 is 9.52 Å². The highest BCUT2D eigenvalue weighted by molar-refractivity contribution is 5.10. The minimum absolute atomic E-state index is 0.491. The summed E-state index contributed by atoms with van der Waals surface area (Å²) in [6, 6.07) is 1.95. The third kappa shape index (κ3) is 2.67. The standard InChI is InChI=1S/C14H22O2/c1-11(2)13-3-6-14(15,7-4-13)9-12-5-8-16-10-12/h5,8,10-11,13,15H,3-4,6-7,9H2,1-2H3. The van der Waals surface area contributed by atoms with Gasteiger partial charge in [0.25, 0.3) is 0 Å². The van der Waals surface area contributed by atoms with Gasteiger partial charge >= 0.3 is 0 Å². The lowest BCUT2D eigenvalue weighted by molar-refractivity contribution is -0.0147. The molecule has 1 saturated carbocycles. The minimum Gasteiger partial charge on any atom is -0.472 e. The van der Waals surface area contributed by atoms with Crippen molar-refractivity contribution in [3.05, 3.63) is 24.2 Å².